The van der Waals surface area contributed by atoms with Gasteiger partial charge in [0.05, 0.1) is 6.10 Å². The van der Waals surface area contributed by atoms with Gasteiger partial charge in [-0.15, -0.1) is 15.3 Å². The van der Waals surface area contributed by atoms with Gasteiger partial charge < -0.3 is 10.1 Å². The molecule has 3 heterocycles. The molecule has 0 spiro atoms. The van der Waals surface area contributed by atoms with E-state index in [9.17, 15) is 0 Å². The molecule has 1 aliphatic rings. The molecular formula is C17H21N5OS. The Balaban J connectivity index is 1.38. The maximum absolute atomic E-state index is 5.61. The van der Waals surface area contributed by atoms with Crippen molar-refractivity contribution < 1.29 is 4.74 Å². The number of rotatable bonds is 7. The molecule has 0 amide bonds. The molecule has 1 N–H and O–H groups in total. The third-order valence-corrected chi connectivity index (χ3v) is 5.18. The lowest BCUT2D eigenvalue weighted by Crippen LogP contribution is -2.32. The molecule has 1 aliphatic carbocycles. The highest BCUT2D eigenvalue weighted by Gasteiger charge is 2.28. The predicted octanol–water partition coefficient (Wildman–Crippen LogP) is 3.47. The van der Waals surface area contributed by atoms with E-state index in [1.54, 1.807) is 15.9 Å². The van der Waals surface area contributed by atoms with Crippen LogP contribution in [0.25, 0.3) is 17.0 Å². The number of hydrogen-bond donors (Lipinski definition) is 1. The van der Waals surface area contributed by atoms with Crippen LogP contribution in [-0.4, -0.2) is 39.1 Å². The second kappa shape index (κ2) is 6.86. The molecule has 0 aromatic carbocycles. The SMILES string of the molecule is CCOC1CC(CCNc2ccc3nnc(-c4ccsc4)n3n2)C1. The predicted molar refractivity (Wildman–Crippen MR) is 95.3 cm³/mol. The monoisotopic (exact) mass is 343 g/mol. The number of fused-ring (bicyclic) bond motifs is 1. The van der Waals surface area contributed by atoms with Crippen LogP contribution in [0, 0.1) is 5.92 Å². The molecule has 0 aliphatic heterocycles. The molecule has 4 rings (SSSR count). The van der Waals surface area contributed by atoms with E-state index < -0.39 is 0 Å². The second-order valence-corrected chi connectivity index (χ2v) is 6.93. The van der Waals surface area contributed by atoms with Crippen LogP contribution in [0.5, 0.6) is 0 Å². The van der Waals surface area contributed by atoms with Crippen LogP contribution in [0.2, 0.25) is 0 Å². The van der Waals surface area contributed by atoms with E-state index in [0.29, 0.717) is 6.10 Å². The minimum Gasteiger partial charge on any atom is -0.378 e. The summed E-state index contributed by atoms with van der Waals surface area (Å²) in [5.74, 6) is 2.42. The Hall–Kier alpha value is -1.99. The number of ether oxygens (including phenoxy) is 1. The molecule has 6 nitrogen and oxygen atoms in total. The van der Waals surface area contributed by atoms with Crippen molar-refractivity contribution in [3.05, 3.63) is 29.0 Å². The van der Waals surface area contributed by atoms with E-state index in [-0.39, 0.29) is 0 Å². The summed E-state index contributed by atoms with van der Waals surface area (Å²) < 4.78 is 7.42. The summed E-state index contributed by atoms with van der Waals surface area (Å²) in [5.41, 5.74) is 1.81. The van der Waals surface area contributed by atoms with Crippen molar-refractivity contribution in [1.82, 2.24) is 19.8 Å². The van der Waals surface area contributed by atoms with Crippen LogP contribution in [-0.2, 0) is 4.74 Å². The Bertz CT molecular complexity index is 795. The summed E-state index contributed by atoms with van der Waals surface area (Å²) in [5, 5.41) is 20.6. The zero-order valence-corrected chi connectivity index (χ0v) is 14.5. The lowest BCUT2D eigenvalue weighted by Gasteiger charge is -2.35. The molecule has 0 unspecified atom stereocenters. The molecule has 0 bridgehead atoms. The highest BCUT2D eigenvalue weighted by atomic mass is 32.1. The van der Waals surface area contributed by atoms with Crippen LogP contribution >= 0.6 is 11.3 Å². The Morgan fingerprint density at radius 1 is 1.29 bits per heavy atom. The molecule has 0 radical (unpaired) electrons. The Morgan fingerprint density at radius 3 is 3.00 bits per heavy atom. The van der Waals surface area contributed by atoms with Gasteiger partial charge in [-0.05, 0) is 55.7 Å². The van der Waals surface area contributed by atoms with Gasteiger partial charge in [-0.25, -0.2) is 0 Å². The summed E-state index contributed by atoms with van der Waals surface area (Å²) in [6.45, 7) is 3.81. The van der Waals surface area contributed by atoms with E-state index in [4.69, 9.17) is 4.74 Å². The number of nitrogens with zero attached hydrogens (tertiary/aromatic N) is 4. The third-order valence-electron chi connectivity index (χ3n) is 4.50. The molecule has 0 atom stereocenters. The van der Waals surface area contributed by atoms with Gasteiger partial charge in [0.1, 0.15) is 5.82 Å². The zero-order chi connectivity index (χ0) is 16.4. The highest BCUT2D eigenvalue weighted by molar-refractivity contribution is 7.08. The second-order valence-electron chi connectivity index (χ2n) is 6.15. The lowest BCUT2D eigenvalue weighted by molar-refractivity contribution is -0.0255. The highest BCUT2D eigenvalue weighted by Crippen LogP contribution is 2.32. The Morgan fingerprint density at radius 2 is 2.21 bits per heavy atom. The quantitative estimate of drug-likeness (QED) is 0.711. The van der Waals surface area contributed by atoms with Crippen molar-refractivity contribution in [2.24, 2.45) is 5.92 Å². The standard InChI is InChI=1S/C17H21N5OS/c1-2-23-14-9-12(10-14)5-7-18-15-3-4-16-19-20-17(22(16)21-15)13-6-8-24-11-13/h3-4,6,8,11-12,14H,2,5,7,9-10H2,1H3,(H,18,21). The van der Waals surface area contributed by atoms with Gasteiger partial charge in [-0.3, -0.25) is 0 Å². The average molecular weight is 343 g/mol. The Kier molecular flexibility index (Phi) is 4.44. The van der Waals surface area contributed by atoms with Gasteiger partial charge in [0.15, 0.2) is 11.5 Å². The topological polar surface area (TPSA) is 64.3 Å². The van der Waals surface area contributed by atoms with Crippen molar-refractivity contribution in [2.45, 2.75) is 32.3 Å². The summed E-state index contributed by atoms with van der Waals surface area (Å²) in [4.78, 5) is 0. The van der Waals surface area contributed by atoms with Crippen LogP contribution in [0.3, 0.4) is 0 Å². The van der Waals surface area contributed by atoms with Gasteiger partial charge in [-0.1, -0.05) is 0 Å². The molecule has 1 fully saturated rings. The fraction of sp³-hybridized carbons (Fsp3) is 0.471. The minimum atomic E-state index is 0.486. The van der Waals surface area contributed by atoms with Crippen LogP contribution in [0.15, 0.2) is 29.0 Å². The first-order chi connectivity index (χ1) is 11.8. The first kappa shape index (κ1) is 15.5. The molecule has 1 saturated carbocycles. The molecule has 3 aromatic heterocycles. The van der Waals surface area contributed by atoms with Gasteiger partial charge >= 0.3 is 0 Å². The number of aromatic nitrogens is 4. The summed E-state index contributed by atoms with van der Waals surface area (Å²) in [6.07, 6.45) is 4.02. The van der Waals surface area contributed by atoms with Crippen LogP contribution in [0.4, 0.5) is 5.82 Å². The van der Waals surface area contributed by atoms with Crippen molar-refractivity contribution >= 4 is 22.8 Å². The summed E-state index contributed by atoms with van der Waals surface area (Å²) >= 11 is 1.65. The third kappa shape index (κ3) is 3.14. The van der Waals surface area contributed by atoms with Crippen molar-refractivity contribution in [3.8, 4) is 11.4 Å². The van der Waals surface area contributed by atoms with Gasteiger partial charge in [0, 0.05) is 24.1 Å². The van der Waals surface area contributed by atoms with Crippen molar-refractivity contribution in [3.63, 3.8) is 0 Å². The Labute approximate surface area is 144 Å². The minimum absolute atomic E-state index is 0.486. The molecule has 0 saturated heterocycles. The van der Waals surface area contributed by atoms with E-state index >= 15 is 0 Å². The van der Waals surface area contributed by atoms with Crippen molar-refractivity contribution in [2.75, 3.05) is 18.5 Å². The van der Waals surface area contributed by atoms with E-state index in [1.807, 2.05) is 23.6 Å². The fourth-order valence-electron chi connectivity index (χ4n) is 3.14. The summed E-state index contributed by atoms with van der Waals surface area (Å²) in [6, 6.07) is 5.95. The van der Waals surface area contributed by atoms with Gasteiger partial charge in [-0.2, -0.15) is 15.9 Å². The maximum atomic E-state index is 5.61. The number of thiophene rings is 1. The average Bonchev–Trinajstić information content (AvgIpc) is 3.21. The van der Waals surface area contributed by atoms with Gasteiger partial charge in [0.25, 0.3) is 0 Å². The molecule has 7 heteroatoms. The number of anilines is 1. The fourth-order valence-corrected chi connectivity index (χ4v) is 3.78. The molecule has 3 aromatic rings. The summed E-state index contributed by atoms with van der Waals surface area (Å²) in [7, 11) is 0. The maximum Gasteiger partial charge on any atom is 0.186 e. The number of nitrogens with one attached hydrogen (secondary N) is 1. The van der Waals surface area contributed by atoms with E-state index in [2.05, 4.69) is 32.9 Å². The van der Waals surface area contributed by atoms with E-state index in [0.717, 1.165) is 48.3 Å². The largest absolute Gasteiger partial charge is 0.378 e. The normalized spacial score (nSPS) is 20.2. The van der Waals surface area contributed by atoms with E-state index in [1.165, 1.54) is 12.8 Å². The van der Waals surface area contributed by atoms with Crippen LogP contribution < -0.4 is 5.32 Å². The molecule has 126 valence electrons. The van der Waals surface area contributed by atoms with Crippen molar-refractivity contribution in [1.29, 1.82) is 0 Å². The number of hydrogen-bond acceptors (Lipinski definition) is 6. The molecule has 24 heavy (non-hydrogen) atoms. The van der Waals surface area contributed by atoms with Gasteiger partial charge in [0.2, 0.25) is 0 Å². The van der Waals surface area contributed by atoms with Crippen LogP contribution in [0.1, 0.15) is 26.2 Å². The first-order valence-corrected chi connectivity index (χ1v) is 9.38. The zero-order valence-electron chi connectivity index (χ0n) is 13.7. The first-order valence-electron chi connectivity index (χ1n) is 8.44. The lowest BCUT2D eigenvalue weighted by atomic mass is 9.80. The molecular weight excluding hydrogens is 322 g/mol. The smallest absolute Gasteiger partial charge is 0.186 e.